The van der Waals surface area contributed by atoms with Gasteiger partial charge < -0.3 is 20.4 Å². The number of carbonyl (C=O) groups is 2. The molecule has 1 aliphatic heterocycles. The number of benzene rings is 2. The van der Waals surface area contributed by atoms with E-state index in [0.29, 0.717) is 33.8 Å². The number of hydrogen-bond acceptors (Lipinski definition) is 3. The maximum atomic E-state index is 12.7. The first-order valence-electron chi connectivity index (χ1n) is 8.41. The second kappa shape index (κ2) is 6.84. The van der Waals surface area contributed by atoms with Gasteiger partial charge in [0.15, 0.2) is 0 Å². The van der Waals surface area contributed by atoms with Crippen LogP contribution in [0.25, 0.3) is 11.6 Å². The molecule has 0 radical (unpaired) electrons. The van der Waals surface area contributed by atoms with E-state index in [2.05, 4.69) is 15.6 Å². The Morgan fingerprint density at radius 2 is 1.96 bits per heavy atom. The fraction of sp³-hybridized carbons (Fsp3) is 0.0476. The van der Waals surface area contributed by atoms with E-state index in [0.717, 1.165) is 5.69 Å². The molecule has 6 nitrogen and oxygen atoms in total. The summed E-state index contributed by atoms with van der Waals surface area (Å²) >= 11 is 0. The number of fused-ring (bicyclic) bond motifs is 1. The van der Waals surface area contributed by atoms with Gasteiger partial charge in [-0.15, -0.1) is 0 Å². The van der Waals surface area contributed by atoms with Crippen LogP contribution in [0.5, 0.6) is 5.75 Å². The normalized spacial score (nSPS) is 14.0. The Morgan fingerprint density at radius 3 is 2.74 bits per heavy atom. The van der Waals surface area contributed by atoms with Crippen LogP contribution in [0.2, 0.25) is 0 Å². The van der Waals surface area contributed by atoms with Crippen molar-refractivity contribution in [3.8, 4) is 5.75 Å². The van der Waals surface area contributed by atoms with Gasteiger partial charge in [0.05, 0.1) is 18.4 Å². The van der Waals surface area contributed by atoms with Crippen LogP contribution >= 0.6 is 0 Å². The Hall–Kier alpha value is -3.80. The molecule has 0 unspecified atom stereocenters. The van der Waals surface area contributed by atoms with Crippen molar-refractivity contribution in [1.29, 1.82) is 0 Å². The Labute approximate surface area is 155 Å². The number of anilines is 2. The molecule has 0 bridgehead atoms. The molecule has 2 aromatic carbocycles. The van der Waals surface area contributed by atoms with Gasteiger partial charge in [-0.1, -0.05) is 12.1 Å². The molecule has 4 rings (SSSR count). The average Bonchev–Trinajstić information content (AvgIpc) is 3.30. The zero-order chi connectivity index (χ0) is 18.8. The molecule has 0 saturated heterocycles. The smallest absolute Gasteiger partial charge is 0.256 e. The molecule has 2 amide bonds. The molecule has 0 fully saturated rings. The number of nitrogens with one attached hydrogen (secondary N) is 3. The highest BCUT2D eigenvalue weighted by atomic mass is 16.5. The summed E-state index contributed by atoms with van der Waals surface area (Å²) in [7, 11) is 1.55. The van der Waals surface area contributed by atoms with E-state index in [1.54, 1.807) is 49.7 Å². The van der Waals surface area contributed by atoms with Crippen LogP contribution in [0.3, 0.4) is 0 Å². The zero-order valence-corrected chi connectivity index (χ0v) is 14.6. The maximum absolute atomic E-state index is 12.7. The molecule has 3 aromatic rings. The zero-order valence-electron chi connectivity index (χ0n) is 14.6. The number of H-pyrrole nitrogens is 1. The highest BCUT2D eigenvalue weighted by molar-refractivity contribution is 6.35. The first-order valence-corrected chi connectivity index (χ1v) is 8.41. The van der Waals surface area contributed by atoms with Crippen molar-refractivity contribution in [2.75, 3.05) is 17.7 Å². The van der Waals surface area contributed by atoms with Crippen LogP contribution in [0, 0.1) is 0 Å². The summed E-state index contributed by atoms with van der Waals surface area (Å²) in [5.41, 5.74) is 3.75. The Balaban J connectivity index is 1.66. The highest BCUT2D eigenvalue weighted by Gasteiger charge is 2.25. The second-order valence-corrected chi connectivity index (χ2v) is 6.05. The van der Waals surface area contributed by atoms with Crippen LogP contribution < -0.4 is 15.4 Å². The summed E-state index contributed by atoms with van der Waals surface area (Å²) in [5, 5.41) is 5.67. The van der Waals surface area contributed by atoms with E-state index < -0.39 is 0 Å². The lowest BCUT2D eigenvalue weighted by atomic mass is 10.0. The SMILES string of the molecule is COc1ccccc1NC(=O)c1ccc2c(c1)C(=Cc1ccc[nH]1)C(=O)N2. The lowest BCUT2D eigenvalue weighted by Gasteiger charge is -2.10. The molecule has 27 heavy (non-hydrogen) atoms. The standard InChI is InChI=1S/C21H17N3O3/c1-27-19-7-3-2-6-18(19)24-20(25)13-8-9-17-15(11-13)16(21(26)23-17)12-14-5-4-10-22-14/h2-12,22H,1H3,(H,23,26)(H,24,25). The van der Waals surface area contributed by atoms with Crippen LogP contribution in [-0.4, -0.2) is 23.9 Å². The lowest BCUT2D eigenvalue weighted by Crippen LogP contribution is -2.12. The van der Waals surface area contributed by atoms with E-state index in [1.165, 1.54) is 0 Å². The van der Waals surface area contributed by atoms with E-state index >= 15 is 0 Å². The third-order valence-corrected chi connectivity index (χ3v) is 4.34. The summed E-state index contributed by atoms with van der Waals surface area (Å²) < 4.78 is 5.26. The monoisotopic (exact) mass is 359 g/mol. The molecule has 1 aliphatic rings. The fourth-order valence-corrected chi connectivity index (χ4v) is 3.00. The molecule has 3 N–H and O–H groups in total. The maximum Gasteiger partial charge on any atom is 0.256 e. The van der Waals surface area contributed by atoms with Gasteiger partial charge in [-0.05, 0) is 48.5 Å². The van der Waals surface area contributed by atoms with Crippen LogP contribution in [0.1, 0.15) is 21.6 Å². The van der Waals surface area contributed by atoms with Crippen molar-refractivity contribution in [2.45, 2.75) is 0 Å². The van der Waals surface area contributed by atoms with Crippen molar-refractivity contribution in [2.24, 2.45) is 0 Å². The summed E-state index contributed by atoms with van der Waals surface area (Å²) in [6, 6.07) is 16.1. The molecular formula is C21H17N3O3. The van der Waals surface area contributed by atoms with Crippen molar-refractivity contribution in [1.82, 2.24) is 4.98 Å². The summed E-state index contributed by atoms with van der Waals surface area (Å²) in [6.45, 7) is 0. The van der Waals surface area contributed by atoms with Crippen molar-refractivity contribution in [3.63, 3.8) is 0 Å². The van der Waals surface area contributed by atoms with Crippen molar-refractivity contribution >= 4 is 34.8 Å². The van der Waals surface area contributed by atoms with Crippen molar-refractivity contribution < 1.29 is 14.3 Å². The third-order valence-electron chi connectivity index (χ3n) is 4.34. The van der Waals surface area contributed by atoms with E-state index in [4.69, 9.17) is 4.74 Å². The van der Waals surface area contributed by atoms with Crippen LogP contribution in [0.4, 0.5) is 11.4 Å². The minimum atomic E-state index is -0.277. The summed E-state index contributed by atoms with van der Waals surface area (Å²) in [5.74, 6) is 0.110. The average molecular weight is 359 g/mol. The lowest BCUT2D eigenvalue weighted by molar-refractivity contribution is -0.110. The molecule has 134 valence electrons. The number of hydrogen-bond donors (Lipinski definition) is 3. The second-order valence-electron chi connectivity index (χ2n) is 6.05. The molecule has 0 saturated carbocycles. The van der Waals surface area contributed by atoms with Gasteiger partial charge in [0.25, 0.3) is 11.8 Å². The topological polar surface area (TPSA) is 83.2 Å². The van der Waals surface area contributed by atoms with Crippen LogP contribution in [-0.2, 0) is 4.79 Å². The number of aromatic nitrogens is 1. The first kappa shape index (κ1) is 16.7. The van der Waals surface area contributed by atoms with E-state index in [1.807, 2.05) is 24.3 Å². The molecule has 0 atom stereocenters. The van der Waals surface area contributed by atoms with Crippen molar-refractivity contribution in [3.05, 3.63) is 77.6 Å². The first-order chi connectivity index (χ1) is 13.2. The Morgan fingerprint density at radius 1 is 1.11 bits per heavy atom. The number of aromatic amines is 1. The summed E-state index contributed by atoms with van der Waals surface area (Å²) in [6.07, 6.45) is 3.56. The van der Waals surface area contributed by atoms with Crippen LogP contribution in [0.15, 0.2) is 60.8 Å². The number of rotatable bonds is 4. The molecule has 2 heterocycles. The van der Waals surface area contributed by atoms with Gasteiger partial charge in [0.2, 0.25) is 0 Å². The van der Waals surface area contributed by atoms with Gasteiger partial charge in [-0.2, -0.15) is 0 Å². The van der Waals surface area contributed by atoms with Gasteiger partial charge in [0.1, 0.15) is 5.75 Å². The van der Waals surface area contributed by atoms with Gasteiger partial charge in [-0.25, -0.2) is 0 Å². The quantitative estimate of drug-likeness (QED) is 0.620. The molecule has 0 aliphatic carbocycles. The highest BCUT2D eigenvalue weighted by Crippen LogP contribution is 2.34. The molecule has 0 spiro atoms. The number of methoxy groups -OCH3 is 1. The molecule has 1 aromatic heterocycles. The number of carbonyl (C=O) groups excluding carboxylic acids is 2. The fourth-order valence-electron chi connectivity index (χ4n) is 3.00. The predicted octanol–water partition coefficient (Wildman–Crippen LogP) is 3.77. The van der Waals surface area contributed by atoms with E-state index in [9.17, 15) is 9.59 Å². The molecular weight excluding hydrogens is 342 g/mol. The van der Waals surface area contributed by atoms with Gasteiger partial charge in [0, 0.05) is 28.7 Å². The third kappa shape index (κ3) is 3.20. The van der Waals surface area contributed by atoms with Gasteiger partial charge >= 0.3 is 0 Å². The molecule has 6 heteroatoms. The van der Waals surface area contributed by atoms with Gasteiger partial charge in [-0.3, -0.25) is 9.59 Å². The number of ether oxygens (including phenoxy) is 1. The van der Waals surface area contributed by atoms with E-state index in [-0.39, 0.29) is 11.8 Å². The largest absolute Gasteiger partial charge is 0.495 e. The number of amides is 2. The minimum absolute atomic E-state index is 0.193. The Bertz CT molecular complexity index is 1050. The number of para-hydroxylation sites is 2. The minimum Gasteiger partial charge on any atom is -0.495 e. The predicted molar refractivity (Wildman–Crippen MR) is 105 cm³/mol. The Kier molecular flexibility index (Phi) is 4.22. The summed E-state index contributed by atoms with van der Waals surface area (Å²) in [4.78, 5) is 28.0.